The van der Waals surface area contributed by atoms with Gasteiger partial charge < -0.3 is 34.9 Å². The van der Waals surface area contributed by atoms with Gasteiger partial charge in [-0.25, -0.2) is 0 Å². The summed E-state index contributed by atoms with van der Waals surface area (Å²) in [6.07, 6.45) is 10.9. The fourth-order valence-corrected chi connectivity index (χ4v) is 7.47. The van der Waals surface area contributed by atoms with Crippen LogP contribution in [0.3, 0.4) is 0 Å². The van der Waals surface area contributed by atoms with Gasteiger partial charge in [-0.1, -0.05) is 25.0 Å². The van der Waals surface area contributed by atoms with E-state index in [1.165, 1.54) is 10.1 Å². The van der Waals surface area contributed by atoms with Crippen LogP contribution in [0.25, 0.3) is 22.0 Å². The van der Waals surface area contributed by atoms with E-state index in [-0.39, 0.29) is 35.9 Å². The van der Waals surface area contributed by atoms with E-state index in [2.05, 4.69) is 48.5 Å². The molecule has 5 N–H and O–H groups in total. The van der Waals surface area contributed by atoms with Gasteiger partial charge in [0.2, 0.25) is 17.7 Å². The molecule has 0 radical (unpaired) electrons. The zero-order chi connectivity index (χ0) is 38.0. The number of hydrogen-bond acceptors (Lipinski definition) is 10. The normalized spacial score (nSPS) is 16.7. The van der Waals surface area contributed by atoms with Gasteiger partial charge in [-0.3, -0.25) is 29.6 Å². The number of carbonyl (C=O) groups is 3. The second kappa shape index (κ2) is 18.2. The molecule has 1 unspecified atom stereocenters. The topological polar surface area (TPSA) is 172 Å². The molecule has 288 valence electrons. The van der Waals surface area contributed by atoms with Gasteiger partial charge in [-0.15, -0.1) is 0 Å². The minimum atomic E-state index is -0.367. The van der Waals surface area contributed by atoms with Crippen molar-refractivity contribution in [2.24, 2.45) is 7.05 Å². The number of aryl methyl sites for hydroxylation is 1. The average molecular weight is 741 g/mol. The number of methoxy groups -OCH3 is 2. The first-order chi connectivity index (χ1) is 26.2. The fourth-order valence-electron chi connectivity index (χ4n) is 7.47. The lowest BCUT2D eigenvalue weighted by molar-refractivity contribution is -0.133. The fraction of sp³-hybridized carbons (Fsp3) is 0.475. The van der Waals surface area contributed by atoms with Crippen LogP contribution in [0, 0.1) is 0 Å². The van der Waals surface area contributed by atoms with E-state index in [9.17, 15) is 19.2 Å². The first-order valence-electron chi connectivity index (χ1n) is 18.9. The molecule has 0 aliphatic carbocycles. The number of carbonyl (C=O) groups excluding carboxylic acids is 3. The lowest BCUT2D eigenvalue weighted by Gasteiger charge is -2.32. The monoisotopic (exact) mass is 740 g/mol. The molecule has 0 saturated carbocycles. The zero-order valence-corrected chi connectivity index (χ0v) is 31.5. The number of aromatic nitrogens is 3. The second-order valence-corrected chi connectivity index (χ2v) is 14.2. The molecule has 1 atom stereocenters. The highest BCUT2D eigenvalue weighted by Crippen LogP contribution is 2.37. The van der Waals surface area contributed by atoms with E-state index in [4.69, 9.17) is 9.47 Å². The molecule has 2 aliphatic rings. The van der Waals surface area contributed by atoms with Gasteiger partial charge in [-0.05, 0) is 93.0 Å². The molecule has 2 aromatic carbocycles. The van der Waals surface area contributed by atoms with E-state index in [1.54, 1.807) is 33.7 Å². The van der Waals surface area contributed by atoms with Crippen molar-refractivity contribution in [2.45, 2.75) is 69.9 Å². The highest BCUT2D eigenvalue weighted by Gasteiger charge is 2.27. The SMILES string of the molecule is COc1cc(-c2cn(C)c(=O)c3[nH]ncc23)cc(OC)c1CNCC(=O)NCCCCCCN1CCC(c2ccc(NC3CCC(=O)NC3=O)cc2)CC1. The van der Waals surface area contributed by atoms with E-state index in [0.717, 1.165) is 80.5 Å². The number of imide groups is 1. The number of pyridine rings is 1. The van der Waals surface area contributed by atoms with Crippen LogP contribution in [-0.4, -0.2) is 90.4 Å². The number of piperidine rings is 2. The van der Waals surface area contributed by atoms with Crippen LogP contribution >= 0.6 is 0 Å². The number of nitrogens with zero attached hydrogens (tertiary/aromatic N) is 3. The Bertz CT molecular complexity index is 1960. The zero-order valence-electron chi connectivity index (χ0n) is 31.5. The van der Waals surface area contributed by atoms with Gasteiger partial charge >= 0.3 is 0 Å². The largest absolute Gasteiger partial charge is 0.496 e. The third-order valence-electron chi connectivity index (χ3n) is 10.6. The van der Waals surface area contributed by atoms with Crippen molar-refractivity contribution in [1.29, 1.82) is 0 Å². The average Bonchev–Trinajstić information content (AvgIpc) is 3.68. The number of unbranched alkanes of at least 4 members (excludes halogenated alkanes) is 3. The van der Waals surface area contributed by atoms with E-state index in [1.807, 2.05) is 24.3 Å². The highest BCUT2D eigenvalue weighted by atomic mass is 16.5. The number of fused-ring (bicyclic) bond motifs is 1. The summed E-state index contributed by atoms with van der Waals surface area (Å²) in [6, 6.07) is 11.8. The molecule has 4 aromatic rings. The molecule has 0 spiro atoms. The van der Waals surface area contributed by atoms with Gasteiger partial charge in [0, 0.05) is 55.0 Å². The smallest absolute Gasteiger partial charge is 0.276 e. The van der Waals surface area contributed by atoms with Crippen LogP contribution in [0.15, 0.2) is 53.6 Å². The predicted molar refractivity (Wildman–Crippen MR) is 208 cm³/mol. The molecule has 2 aromatic heterocycles. The number of ether oxygens (including phenoxy) is 2. The van der Waals surface area contributed by atoms with E-state index < -0.39 is 0 Å². The summed E-state index contributed by atoms with van der Waals surface area (Å²) in [4.78, 5) is 51.1. The summed E-state index contributed by atoms with van der Waals surface area (Å²) in [5.74, 6) is 1.25. The maximum Gasteiger partial charge on any atom is 0.276 e. The maximum atomic E-state index is 12.6. The number of rotatable bonds is 17. The lowest BCUT2D eigenvalue weighted by atomic mass is 9.89. The molecular weight excluding hydrogens is 688 g/mol. The van der Waals surface area contributed by atoms with Gasteiger partial charge in [0.15, 0.2) is 0 Å². The third-order valence-corrected chi connectivity index (χ3v) is 10.6. The molecule has 0 bridgehead atoms. The molecule has 2 saturated heterocycles. The Morgan fingerprint density at radius 3 is 2.39 bits per heavy atom. The Labute approximate surface area is 315 Å². The van der Waals surface area contributed by atoms with E-state index >= 15 is 0 Å². The van der Waals surface area contributed by atoms with Crippen LogP contribution in [0.1, 0.15) is 68.4 Å². The molecule has 3 amide bonds. The number of H-pyrrole nitrogens is 1. The third kappa shape index (κ3) is 9.47. The summed E-state index contributed by atoms with van der Waals surface area (Å²) < 4.78 is 13.0. The van der Waals surface area contributed by atoms with Crippen LogP contribution in [-0.2, 0) is 28.0 Å². The predicted octanol–water partition coefficient (Wildman–Crippen LogP) is 3.81. The number of anilines is 1. The van der Waals surface area contributed by atoms with Crippen molar-refractivity contribution in [3.63, 3.8) is 0 Å². The number of nitrogens with one attached hydrogen (secondary N) is 5. The number of hydrogen-bond donors (Lipinski definition) is 5. The van der Waals surface area contributed by atoms with Crippen molar-refractivity contribution in [3.8, 4) is 22.6 Å². The Morgan fingerprint density at radius 1 is 0.963 bits per heavy atom. The summed E-state index contributed by atoms with van der Waals surface area (Å²) in [5, 5.41) is 19.5. The van der Waals surface area contributed by atoms with Crippen molar-refractivity contribution in [1.82, 2.24) is 35.6 Å². The van der Waals surface area contributed by atoms with Crippen molar-refractivity contribution < 1.29 is 23.9 Å². The molecular formula is C40H52N8O6. The quantitative estimate of drug-likeness (QED) is 0.0793. The molecule has 6 rings (SSSR count). The first-order valence-corrected chi connectivity index (χ1v) is 18.9. The van der Waals surface area contributed by atoms with Crippen molar-refractivity contribution in [3.05, 3.63) is 70.3 Å². The Hall–Kier alpha value is -5.21. The number of amides is 3. The van der Waals surface area contributed by atoms with Crippen LogP contribution in [0.2, 0.25) is 0 Å². The molecule has 54 heavy (non-hydrogen) atoms. The molecule has 4 heterocycles. The second-order valence-electron chi connectivity index (χ2n) is 14.2. The molecule has 2 fully saturated rings. The van der Waals surface area contributed by atoms with Crippen LogP contribution < -0.4 is 36.3 Å². The molecule has 14 nitrogen and oxygen atoms in total. The van der Waals surface area contributed by atoms with Gasteiger partial charge in [-0.2, -0.15) is 5.10 Å². The van der Waals surface area contributed by atoms with Crippen molar-refractivity contribution in [2.75, 3.05) is 52.3 Å². The maximum absolute atomic E-state index is 12.6. The standard InChI is InChI=1S/C40H52N8O6/c1-47-25-32(30-23-43-46-38(30)40(47)52)28-20-34(53-2)31(35(21-28)54-3)22-41-24-37(50)42-16-6-4-5-7-17-48-18-14-27(15-19-48)26-8-10-29(11-9-26)44-33-12-13-36(49)45-39(33)51/h8-11,20-21,23,25,27,33,41,44H,4-7,12-19,22,24H2,1-3H3,(H,42,50)(H,43,46)(H,45,49,51). The van der Waals surface area contributed by atoms with Gasteiger partial charge in [0.25, 0.3) is 5.56 Å². The molecule has 14 heteroatoms. The summed E-state index contributed by atoms with van der Waals surface area (Å²) >= 11 is 0. The number of benzene rings is 2. The minimum Gasteiger partial charge on any atom is -0.496 e. The Morgan fingerprint density at radius 2 is 1.69 bits per heavy atom. The first kappa shape index (κ1) is 38.5. The summed E-state index contributed by atoms with van der Waals surface area (Å²) in [7, 11) is 4.90. The Kier molecular flexibility index (Phi) is 13.0. The van der Waals surface area contributed by atoms with Crippen molar-refractivity contribution >= 4 is 34.3 Å². The van der Waals surface area contributed by atoms with Gasteiger partial charge in [0.1, 0.15) is 23.1 Å². The Balaban J connectivity index is 0.848. The highest BCUT2D eigenvalue weighted by molar-refractivity contribution is 6.01. The lowest BCUT2D eigenvalue weighted by Crippen LogP contribution is -2.47. The number of likely N-dealkylation sites (tertiary alicyclic amines) is 1. The number of aromatic amines is 1. The van der Waals surface area contributed by atoms with E-state index in [0.29, 0.717) is 54.3 Å². The van der Waals surface area contributed by atoms with Gasteiger partial charge in [0.05, 0.1) is 27.0 Å². The minimum absolute atomic E-state index is 0.0554. The molecule has 2 aliphatic heterocycles. The van der Waals surface area contributed by atoms with Crippen LogP contribution in [0.5, 0.6) is 11.5 Å². The van der Waals surface area contributed by atoms with Crippen LogP contribution in [0.4, 0.5) is 5.69 Å². The summed E-state index contributed by atoms with van der Waals surface area (Å²) in [5.41, 5.74) is 4.95. The summed E-state index contributed by atoms with van der Waals surface area (Å²) in [6.45, 7) is 4.49.